The van der Waals surface area contributed by atoms with Crippen molar-refractivity contribution in [3.63, 3.8) is 0 Å². The van der Waals surface area contributed by atoms with Crippen LogP contribution in [0.4, 0.5) is 13.2 Å². The molecule has 1 aromatic rings. The Kier molecular flexibility index (Phi) is 5.88. The van der Waals surface area contributed by atoms with E-state index in [1.807, 2.05) is 6.92 Å². The van der Waals surface area contributed by atoms with Gasteiger partial charge in [-0.05, 0) is 25.1 Å². The molecule has 4 nitrogen and oxygen atoms in total. The van der Waals surface area contributed by atoms with E-state index in [1.54, 1.807) is 0 Å². The third-order valence-corrected chi connectivity index (χ3v) is 2.43. The summed E-state index contributed by atoms with van der Waals surface area (Å²) >= 11 is 0. The van der Waals surface area contributed by atoms with E-state index in [2.05, 4.69) is 10.6 Å². The van der Waals surface area contributed by atoms with Gasteiger partial charge in [0.25, 0.3) is 5.91 Å². The molecule has 2 N–H and O–H groups in total. The van der Waals surface area contributed by atoms with Gasteiger partial charge in [-0.3, -0.25) is 4.79 Å². The van der Waals surface area contributed by atoms with Crippen LogP contribution < -0.4 is 10.6 Å². The third-order valence-electron chi connectivity index (χ3n) is 2.43. The fraction of sp³-hybridized carbons (Fsp3) is 0.583. The molecule has 0 unspecified atom stereocenters. The summed E-state index contributed by atoms with van der Waals surface area (Å²) in [6, 6.07) is 2.80. The van der Waals surface area contributed by atoms with Gasteiger partial charge in [-0.1, -0.05) is 6.92 Å². The standard InChI is InChI=1S/C12H18F3N3O/c1-2-5-16-6-7-17-11(19)10-4-3-8-18(10)9-12(13,14)15/h3-4,8,16H,2,5-7,9H2,1H3,(H,17,19). The zero-order chi connectivity index (χ0) is 14.3. The maximum atomic E-state index is 12.3. The van der Waals surface area contributed by atoms with Crippen LogP contribution in [0.15, 0.2) is 18.3 Å². The number of alkyl halides is 3. The predicted molar refractivity (Wildman–Crippen MR) is 66.0 cm³/mol. The van der Waals surface area contributed by atoms with Gasteiger partial charge in [0.1, 0.15) is 12.2 Å². The summed E-state index contributed by atoms with van der Waals surface area (Å²) in [6.07, 6.45) is -2.10. The van der Waals surface area contributed by atoms with Crippen molar-refractivity contribution in [3.05, 3.63) is 24.0 Å². The molecule has 108 valence electrons. The molecule has 7 heteroatoms. The average molecular weight is 277 g/mol. The maximum Gasteiger partial charge on any atom is 0.406 e. The molecule has 0 bridgehead atoms. The van der Waals surface area contributed by atoms with Crippen molar-refractivity contribution in [3.8, 4) is 0 Å². The molecule has 1 rings (SSSR count). The summed E-state index contributed by atoms with van der Waals surface area (Å²) in [5.41, 5.74) is 0.0211. The molecule has 0 radical (unpaired) electrons. The van der Waals surface area contributed by atoms with Gasteiger partial charge in [0, 0.05) is 19.3 Å². The highest BCUT2D eigenvalue weighted by Gasteiger charge is 2.29. The Hall–Kier alpha value is -1.50. The van der Waals surface area contributed by atoms with Crippen LogP contribution in [0.3, 0.4) is 0 Å². The van der Waals surface area contributed by atoms with Crippen molar-refractivity contribution in [1.82, 2.24) is 15.2 Å². The highest BCUT2D eigenvalue weighted by atomic mass is 19.4. The lowest BCUT2D eigenvalue weighted by Crippen LogP contribution is -2.33. The van der Waals surface area contributed by atoms with Crippen molar-refractivity contribution in [2.45, 2.75) is 26.1 Å². The Morgan fingerprint density at radius 2 is 2.05 bits per heavy atom. The van der Waals surface area contributed by atoms with E-state index in [9.17, 15) is 18.0 Å². The third kappa shape index (κ3) is 5.78. The van der Waals surface area contributed by atoms with Crippen LogP contribution in [0.25, 0.3) is 0 Å². The lowest BCUT2D eigenvalue weighted by molar-refractivity contribution is -0.140. The average Bonchev–Trinajstić information content (AvgIpc) is 2.74. The fourth-order valence-electron chi connectivity index (χ4n) is 1.61. The van der Waals surface area contributed by atoms with E-state index in [-0.39, 0.29) is 5.69 Å². The zero-order valence-corrected chi connectivity index (χ0v) is 10.8. The topological polar surface area (TPSA) is 46.1 Å². The molecule has 19 heavy (non-hydrogen) atoms. The van der Waals surface area contributed by atoms with Gasteiger partial charge in [0.15, 0.2) is 0 Å². The number of halogens is 3. The van der Waals surface area contributed by atoms with Gasteiger partial charge >= 0.3 is 6.18 Å². The molecule has 0 aromatic carbocycles. The molecule has 0 aliphatic heterocycles. The zero-order valence-electron chi connectivity index (χ0n) is 10.8. The molecule has 0 aliphatic rings. The second-order valence-corrected chi connectivity index (χ2v) is 4.14. The minimum Gasteiger partial charge on any atom is -0.349 e. The minimum atomic E-state index is -4.34. The van der Waals surface area contributed by atoms with Crippen LogP contribution >= 0.6 is 0 Å². The van der Waals surface area contributed by atoms with Crippen molar-refractivity contribution >= 4 is 5.91 Å². The van der Waals surface area contributed by atoms with E-state index in [4.69, 9.17) is 0 Å². The van der Waals surface area contributed by atoms with Gasteiger partial charge in [0.2, 0.25) is 0 Å². The van der Waals surface area contributed by atoms with Crippen molar-refractivity contribution in [2.75, 3.05) is 19.6 Å². The lowest BCUT2D eigenvalue weighted by atomic mass is 10.4. The molecule has 0 saturated heterocycles. The Balaban J connectivity index is 2.46. The van der Waals surface area contributed by atoms with E-state index >= 15 is 0 Å². The van der Waals surface area contributed by atoms with Crippen LogP contribution in [0.2, 0.25) is 0 Å². The number of amides is 1. The highest BCUT2D eigenvalue weighted by Crippen LogP contribution is 2.18. The first kappa shape index (κ1) is 15.6. The highest BCUT2D eigenvalue weighted by molar-refractivity contribution is 5.92. The van der Waals surface area contributed by atoms with Crippen molar-refractivity contribution in [2.24, 2.45) is 0 Å². The monoisotopic (exact) mass is 277 g/mol. The Morgan fingerprint density at radius 1 is 1.32 bits per heavy atom. The number of hydrogen-bond acceptors (Lipinski definition) is 2. The smallest absolute Gasteiger partial charge is 0.349 e. The number of nitrogens with one attached hydrogen (secondary N) is 2. The number of nitrogens with zero attached hydrogens (tertiary/aromatic N) is 1. The SMILES string of the molecule is CCCNCCNC(=O)c1cccn1CC(F)(F)F. The molecular weight excluding hydrogens is 259 g/mol. The number of rotatable bonds is 7. The Bertz CT molecular complexity index is 401. The normalized spacial score (nSPS) is 11.6. The van der Waals surface area contributed by atoms with E-state index < -0.39 is 18.6 Å². The minimum absolute atomic E-state index is 0.0211. The molecule has 0 fully saturated rings. The second kappa shape index (κ2) is 7.18. The molecule has 0 saturated carbocycles. The van der Waals surface area contributed by atoms with E-state index in [0.29, 0.717) is 13.1 Å². The van der Waals surface area contributed by atoms with Crippen molar-refractivity contribution < 1.29 is 18.0 Å². The summed E-state index contributed by atoms with van der Waals surface area (Å²) < 4.78 is 37.8. The molecular formula is C12H18F3N3O. The van der Waals surface area contributed by atoms with Gasteiger partial charge in [0.05, 0.1) is 0 Å². The van der Waals surface area contributed by atoms with Crippen molar-refractivity contribution in [1.29, 1.82) is 0 Å². The largest absolute Gasteiger partial charge is 0.406 e. The van der Waals surface area contributed by atoms with E-state index in [0.717, 1.165) is 17.5 Å². The van der Waals surface area contributed by atoms with Gasteiger partial charge in [-0.25, -0.2) is 0 Å². The molecule has 0 atom stereocenters. The van der Waals surface area contributed by atoms with E-state index in [1.165, 1.54) is 18.3 Å². The first-order chi connectivity index (χ1) is 8.94. The van der Waals surface area contributed by atoms with Crippen LogP contribution in [0.1, 0.15) is 23.8 Å². The van der Waals surface area contributed by atoms with Gasteiger partial charge < -0.3 is 15.2 Å². The number of carbonyl (C=O) groups is 1. The number of hydrogen-bond donors (Lipinski definition) is 2. The molecule has 0 aliphatic carbocycles. The van der Waals surface area contributed by atoms with Gasteiger partial charge in [-0.15, -0.1) is 0 Å². The summed E-state index contributed by atoms with van der Waals surface area (Å²) in [5.74, 6) is -0.493. The van der Waals surface area contributed by atoms with Crippen LogP contribution in [-0.4, -0.2) is 36.3 Å². The first-order valence-corrected chi connectivity index (χ1v) is 6.15. The van der Waals surface area contributed by atoms with Crippen LogP contribution in [-0.2, 0) is 6.54 Å². The quantitative estimate of drug-likeness (QED) is 0.746. The summed E-state index contributed by atoms with van der Waals surface area (Å²) in [5, 5.41) is 5.67. The fourth-order valence-corrected chi connectivity index (χ4v) is 1.61. The van der Waals surface area contributed by atoms with Crippen LogP contribution in [0, 0.1) is 0 Å². The molecule has 1 heterocycles. The first-order valence-electron chi connectivity index (χ1n) is 6.15. The summed E-state index contributed by atoms with van der Waals surface area (Å²) in [6.45, 7) is 2.70. The Labute approximate surface area is 110 Å². The maximum absolute atomic E-state index is 12.3. The lowest BCUT2D eigenvalue weighted by Gasteiger charge is -2.12. The molecule has 1 aromatic heterocycles. The number of carbonyl (C=O) groups excluding carboxylic acids is 1. The molecule has 0 spiro atoms. The number of aromatic nitrogens is 1. The second-order valence-electron chi connectivity index (χ2n) is 4.14. The Morgan fingerprint density at radius 3 is 2.68 bits per heavy atom. The summed E-state index contributed by atoms with van der Waals surface area (Å²) in [7, 11) is 0. The predicted octanol–water partition coefficient (Wildman–Crippen LogP) is 1.78. The summed E-state index contributed by atoms with van der Waals surface area (Å²) in [4.78, 5) is 11.7. The van der Waals surface area contributed by atoms with Gasteiger partial charge in [-0.2, -0.15) is 13.2 Å². The van der Waals surface area contributed by atoms with Crippen LogP contribution in [0.5, 0.6) is 0 Å². The molecule has 1 amide bonds.